The third-order valence-corrected chi connectivity index (χ3v) is 2.72. The van der Waals surface area contributed by atoms with Crippen LogP contribution in [0.2, 0.25) is 0 Å². The van der Waals surface area contributed by atoms with Crippen LogP contribution in [0.15, 0.2) is 53.2 Å². The van der Waals surface area contributed by atoms with Crippen molar-refractivity contribution in [1.82, 2.24) is 0 Å². The second-order valence-electron chi connectivity index (χ2n) is 4.12. The Morgan fingerprint density at radius 1 is 1.20 bits per heavy atom. The molecule has 1 aliphatic rings. The molecular formula is C15H13NO4. The predicted octanol–water partition coefficient (Wildman–Crippen LogP) is 2.29. The van der Waals surface area contributed by atoms with E-state index in [9.17, 15) is 9.59 Å². The van der Waals surface area contributed by atoms with E-state index in [1.54, 1.807) is 37.3 Å². The van der Waals surface area contributed by atoms with Crippen LogP contribution < -0.4 is 4.74 Å². The summed E-state index contributed by atoms with van der Waals surface area (Å²) in [6.07, 6.45) is 4.42. The van der Waals surface area contributed by atoms with Gasteiger partial charge >= 0.3 is 5.97 Å². The van der Waals surface area contributed by atoms with Crippen molar-refractivity contribution < 1.29 is 19.2 Å². The van der Waals surface area contributed by atoms with E-state index in [1.807, 2.05) is 0 Å². The van der Waals surface area contributed by atoms with Gasteiger partial charge in [0.2, 0.25) is 0 Å². The molecule has 0 aliphatic heterocycles. The van der Waals surface area contributed by atoms with Crippen molar-refractivity contribution in [3.05, 3.63) is 53.6 Å². The fourth-order valence-electron chi connectivity index (χ4n) is 1.65. The van der Waals surface area contributed by atoms with Crippen LogP contribution in [0.25, 0.3) is 0 Å². The highest BCUT2D eigenvalue weighted by atomic mass is 16.7. The topological polar surface area (TPSA) is 65.0 Å². The van der Waals surface area contributed by atoms with Crippen molar-refractivity contribution in [2.75, 3.05) is 7.11 Å². The van der Waals surface area contributed by atoms with E-state index in [1.165, 1.54) is 19.3 Å². The van der Waals surface area contributed by atoms with Crippen LogP contribution in [0.1, 0.15) is 17.3 Å². The summed E-state index contributed by atoms with van der Waals surface area (Å²) in [4.78, 5) is 28.0. The van der Waals surface area contributed by atoms with Gasteiger partial charge in [0.1, 0.15) is 17.0 Å². The van der Waals surface area contributed by atoms with Gasteiger partial charge in [-0.3, -0.25) is 4.79 Å². The Bertz CT molecular complexity index is 641. The SMILES string of the molecule is COc1ccccc1C(=O)O/N=C1/C=CC(=O)C(C)=C1. The van der Waals surface area contributed by atoms with Gasteiger partial charge < -0.3 is 9.57 Å². The van der Waals surface area contributed by atoms with Gasteiger partial charge in [0, 0.05) is 0 Å². The summed E-state index contributed by atoms with van der Waals surface area (Å²) >= 11 is 0. The number of ether oxygens (including phenoxy) is 1. The molecule has 1 aliphatic carbocycles. The third kappa shape index (κ3) is 3.00. The number of benzene rings is 1. The summed E-state index contributed by atoms with van der Waals surface area (Å²) in [6.45, 7) is 1.67. The number of carbonyl (C=O) groups is 2. The van der Waals surface area contributed by atoms with E-state index in [0.29, 0.717) is 17.0 Å². The molecule has 1 aromatic carbocycles. The molecule has 0 atom stereocenters. The zero-order valence-corrected chi connectivity index (χ0v) is 11.1. The number of carbonyl (C=O) groups excluding carboxylic acids is 2. The van der Waals surface area contributed by atoms with Crippen LogP contribution >= 0.6 is 0 Å². The zero-order valence-electron chi connectivity index (χ0n) is 11.1. The number of rotatable bonds is 3. The number of nitrogens with zero attached hydrogens (tertiary/aromatic N) is 1. The molecule has 0 fully saturated rings. The van der Waals surface area contributed by atoms with Gasteiger partial charge in [-0.1, -0.05) is 17.3 Å². The van der Waals surface area contributed by atoms with E-state index in [-0.39, 0.29) is 11.3 Å². The van der Waals surface area contributed by atoms with Crippen LogP contribution in [-0.4, -0.2) is 24.6 Å². The normalized spacial score (nSPS) is 16.0. The Labute approximate surface area is 116 Å². The maximum atomic E-state index is 11.9. The molecule has 1 aromatic rings. The lowest BCUT2D eigenvalue weighted by Gasteiger charge is -2.06. The van der Waals surface area contributed by atoms with E-state index in [0.717, 1.165) is 0 Å². The molecule has 0 N–H and O–H groups in total. The minimum absolute atomic E-state index is 0.0833. The first-order chi connectivity index (χ1) is 9.61. The van der Waals surface area contributed by atoms with Crippen LogP contribution in [-0.2, 0) is 9.63 Å². The number of methoxy groups -OCH3 is 1. The van der Waals surface area contributed by atoms with Crippen molar-refractivity contribution >= 4 is 17.5 Å². The fraction of sp³-hybridized carbons (Fsp3) is 0.133. The fourth-order valence-corrected chi connectivity index (χ4v) is 1.65. The number of hydrogen-bond donors (Lipinski definition) is 0. The number of para-hydroxylation sites is 1. The first-order valence-electron chi connectivity index (χ1n) is 5.95. The molecule has 0 unspecified atom stereocenters. The molecule has 5 nitrogen and oxygen atoms in total. The summed E-state index contributed by atoms with van der Waals surface area (Å²) in [6, 6.07) is 6.70. The van der Waals surface area contributed by atoms with Crippen molar-refractivity contribution in [3.63, 3.8) is 0 Å². The van der Waals surface area contributed by atoms with Gasteiger partial charge in [0.05, 0.1) is 7.11 Å². The van der Waals surface area contributed by atoms with Crippen LogP contribution in [0.3, 0.4) is 0 Å². The summed E-state index contributed by atoms with van der Waals surface area (Å²) < 4.78 is 5.07. The van der Waals surface area contributed by atoms with Gasteiger partial charge in [-0.2, -0.15) is 0 Å². The van der Waals surface area contributed by atoms with Crippen molar-refractivity contribution in [2.45, 2.75) is 6.92 Å². The van der Waals surface area contributed by atoms with E-state index >= 15 is 0 Å². The number of ketones is 1. The van der Waals surface area contributed by atoms with Crippen LogP contribution in [0.4, 0.5) is 0 Å². The quantitative estimate of drug-likeness (QED) is 0.480. The van der Waals surface area contributed by atoms with Crippen molar-refractivity contribution in [2.24, 2.45) is 5.16 Å². The molecule has 0 aromatic heterocycles. The lowest BCUT2D eigenvalue weighted by atomic mass is 10.1. The standard InChI is InChI=1S/C15H13NO4/c1-10-9-11(7-8-13(10)17)16-20-15(18)12-5-3-4-6-14(12)19-2/h3-9H,1-2H3/b16-11-. The lowest BCUT2D eigenvalue weighted by molar-refractivity contribution is -0.111. The minimum Gasteiger partial charge on any atom is -0.496 e. The lowest BCUT2D eigenvalue weighted by Crippen LogP contribution is -2.08. The highest BCUT2D eigenvalue weighted by Crippen LogP contribution is 2.18. The zero-order chi connectivity index (χ0) is 14.5. The second kappa shape index (κ2) is 5.97. The highest BCUT2D eigenvalue weighted by molar-refractivity contribution is 6.18. The predicted molar refractivity (Wildman–Crippen MR) is 73.7 cm³/mol. The van der Waals surface area contributed by atoms with Gasteiger partial charge in [-0.15, -0.1) is 0 Å². The number of hydrogen-bond acceptors (Lipinski definition) is 5. The summed E-state index contributed by atoms with van der Waals surface area (Å²) in [5.74, 6) is -0.287. The molecule has 2 rings (SSSR count). The molecular weight excluding hydrogens is 258 g/mol. The second-order valence-corrected chi connectivity index (χ2v) is 4.12. The Kier molecular flexibility index (Phi) is 4.10. The Hall–Kier alpha value is -2.69. The number of oxime groups is 1. The first-order valence-corrected chi connectivity index (χ1v) is 5.95. The molecule has 0 radical (unpaired) electrons. The average molecular weight is 271 g/mol. The molecule has 0 bridgehead atoms. The summed E-state index contributed by atoms with van der Waals surface area (Å²) in [5.41, 5.74) is 1.24. The minimum atomic E-state index is -0.619. The monoisotopic (exact) mass is 271 g/mol. The van der Waals surface area contributed by atoms with E-state index < -0.39 is 5.97 Å². The largest absolute Gasteiger partial charge is 0.496 e. The van der Waals surface area contributed by atoms with Gasteiger partial charge in [-0.05, 0) is 42.9 Å². The molecule has 0 saturated carbocycles. The average Bonchev–Trinajstić information content (AvgIpc) is 2.48. The summed E-state index contributed by atoms with van der Waals surface area (Å²) in [5, 5.41) is 3.72. The van der Waals surface area contributed by atoms with Gasteiger partial charge in [-0.25, -0.2) is 4.79 Å². The Morgan fingerprint density at radius 2 is 1.95 bits per heavy atom. The molecule has 0 amide bonds. The highest BCUT2D eigenvalue weighted by Gasteiger charge is 2.14. The molecule has 102 valence electrons. The van der Waals surface area contributed by atoms with Crippen LogP contribution in [0, 0.1) is 0 Å². The Morgan fingerprint density at radius 3 is 2.65 bits per heavy atom. The maximum absolute atomic E-state index is 11.9. The molecule has 20 heavy (non-hydrogen) atoms. The van der Waals surface area contributed by atoms with Gasteiger partial charge in [0.25, 0.3) is 0 Å². The molecule has 0 spiro atoms. The van der Waals surface area contributed by atoms with E-state index in [2.05, 4.69) is 5.16 Å². The van der Waals surface area contributed by atoms with Crippen LogP contribution in [0.5, 0.6) is 5.75 Å². The van der Waals surface area contributed by atoms with E-state index in [4.69, 9.17) is 9.57 Å². The summed E-state index contributed by atoms with van der Waals surface area (Å²) in [7, 11) is 1.47. The molecule has 0 saturated heterocycles. The molecule has 0 heterocycles. The number of allylic oxidation sites excluding steroid dienone is 4. The Balaban J connectivity index is 2.13. The smallest absolute Gasteiger partial charge is 0.369 e. The first kappa shape index (κ1) is 13.7. The van der Waals surface area contributed by atoms with Crippen molar-refractivity contribution in [1.29, 1.82) is 0 Å². The van der Waals surface area contributed by atoms with Crippen molar-refractivity contribution in [3.8, 4) is 5.75 Å². The molecule has 5 heteroatoms. The third-order valence-electron chi connectivity index (χ3n) is 2.72. The van der Waals surface area contributed by atoms with Gasteiger partial charge in [0.15, 0.2) is 5.78 Å². The maximum Gasteiger partial charge on any atom is 0.369 e.